The lowest BCUT2D eigenvalue weighted by Crippen LogP contribution is -2.24. The van der Waals surface area contributed by atoms with Gasteiger partial charge < -0.3 is 9.47 Å². The number of carbonyl (C=O) groups excluding carboxylic acids is 1. The molecule has 0 aliphatic carbocycles. The number of aromatic nitrogens is 1. The Kier molecular flexibility index (Phi) is 4.09. The molecule has 2 aromatic rings. The van der Waals surface area contributed by atoms with Crippen LogP contribution >= 0.6 is 11.3 Å². The van der Waals surface area contributed by atoms with E-state index >= 15 is 0 Å². The molecule has 0 saturated heterocycles. The van der Waals surface area contributed by atoms with Gasteiger partial charge in [0.2, 0.25) is 0 Å². The maximum atomic E-state index is 12.3. The summed E-state index contributed by atoms with van der Waals surface area (Å²) in [6.45, 7) is 5.54. The van der Waals surface area contributed by atoms with Crippen LogP contribution in [0.3, 0.4) is 0 Å². The second-order valence-corrected chi connectivity index (χ2v) is 6.23. The molecule has 0 N–H and O–H groups in total. The van der Waals surface area contributed by atoms with Crippen LogP contribution in [0.25, 0.3) is 10.6 Å². The SMILES string of the molecule is COc1cnc(-c2ccccc2C(=O)OC(C)(C)C)s1. The van der Waals surface area contributed by atoms with Crippen molar-refractivity contribution in [1.82, 2.24) is 4.98 Å². The van der Waals surface area contributed by atoms with Crippen LogP contribution in [0.2, 0.25) is 0 Å². The number of nitrogens with zero attached hydrogens (tertiary/aromatic N) is 1. The monoisotopic (exact) mass is 291 g/mol. The van der Waals surface area contributed by atoms with Crippen molar-refractivity contribution in [3.05, 3.63) is 36.0 Å². The molecule has 4 nitrogen and oxygen atoms in total. The van der Waals surface area contributed by atoms with E-state index in [0.29, 0.717) is 10.6 Å². The summed E-state index contributed by atoms with van der Waals surface area (Å²) in [5.41, 5.74) is 0.750. The molecule has 0 bridgehead atoms. The summed E-state index contributed by atoms with van der Waals surface area (Å²) >= 11 is 1.39. The molecule has 0 radical (unpaired) electrons. The summed E-state index contributed by atoms with van der Waals surface area (Å²) in [4.78, 5) is 16.5. The molecule has 0 spiro atoms. The Bertz CT molecular complexity index is 614. The number of ether oxygens (including phenoxy) is 2. The highest BCUT2D eigenvalue weighted by Crippen LogP contribution is 2.32. The fourth-order valence-electron chi connectivity index (χ4n) is 1.66. The van der Waals surface area contributed by atoms with E-state index in [4.69, 9.17) is 9.47 Å². The van der Waals surface area contributed by atoms with Gasteiger partial charge in [0.15, 0.2) is 5.06 Å². The van der Waals surface area contributed by atoms with Crippen LogP contribution in [-0.2, 0) is 4.74 Å². The lowest BCUT2D eigenvalue weighted by Gasteiger charge is -2.20. The van der Waals surface area contributed by atoms with Crippen molar-refractivity contribution < 1.29 is 14.3 Å². The number of benzene rings is 1. The number of rotatable bonds is 3. The zero-order valence-electron chi connectivity index (χ0n) is 12.0. The van der Waals surface area contributed by atoms with E-state index < -0.39 is 5.60 Å². The summed E-state index contributed by atoms with van der Waals surface area (Å²) in [6, 6.07) is 7.29. The second-order valence-electron chi connectivity index (χ2n) is 5.24. The third-order valence-corrected chi connectivity index (χ3v) is 3.45. The maximum absolute atomic E-state index is 12.3. The highest BCUT2D eigenvalue weighted by atomic mass is 32.1. The standard InChI is InChI=1S/C15H17NO3S/c1-15(2,3)19-14(17)11-8-6-5-7-10(11)13-16-9-12(18-4)20-13/h5-9H,1-4H3. The van der Waals surface area contributed by atoms with Gasteiger partial charge in [-0.25, -0.2) is 9.78 Å². The van der Waals surface area contributed by atoms with Crippen molar-refractivity contribution in [2.75, 3.05) is 7.11 Å². The fourth-order valence-corrected chi connectivity index (χ4v) is 2.43. The first kappa shape index (κ1) is 14.5. The topological polar surface area (TPSA) is 48.4 Å². The van der Waals surface area contributed by atoms with Crippen LogP contribution in [0.1, 0.15) is 31.1 Å². The van der Waals surface area contributed by atoms with Gasteiger partial charge in [-0.1, -0.05) is 29.5 Å². The zero-order valence-corrected chi connectivity index (χ0v) is 12.8. The molecule has 1 aromatic heterocycles. The molecule has 20 heavy (non-hydrogen) atoms. The largest absolute Gasteiger partial charge is 0.486 e. The van der Waals surface area contributed by atoms with Gasteiger partial charge in [0.05, 0.1) is 18.9 Å². The van der Waals surface area contributed by atoms with Gasteiger partial charge in [-0.05, 0) is 26.8 Å². The second kappa shape index (κ2) is 5.63. The number of esters is 1. The zero-order chi connectivity index (χ0) is 14.8. The van der Waals surface area contributed by atoms with Gasteiger partial charge in [0, 0.05) is 5.56 Å². The first-order valence-electron chi connectivity index (χ1n) is 6.23. The van der Waals surface area contributed by atoms with Crippen molar-refractivity contribution in [3.63, 3.8) is 0 Å². The average molecular weight is 291 g/mol. The Labute approximate surface area is 122 Å². The Morgan fingerprint density at radius 2 is 1.95 bits per heavy atom. The molecule has 5 heteroatoms. The lowest BCUT2D eigenvalue weighted by molar-refractivity contribution is 0.00705. The summed E-state index contributed by atoms with van der Waals surface area (Å²) < 4.78 is 10.6. The van der Waals surface area contributed by atoms with Gasteiger partial charge >= 0.3 is 5.97 Å². The van der Waals surface area contributed by atoms with E-state index in [-0.39, 0.29) is 5.97 Å². The van der Waals surface area contributed by atoms with Crippen molar-refractivity contribution in [2.45, 2.75) is 26.4 Å². The molecule has 106 valence electrons. The molecule has 1 aromatic carbocycles. The summed E-state index contributed by atoms with van der Waals surface area (Å²) in [5, 5.41) is 1.45. The van der Waals surface area contributed by atoms with E-state index in [2.05, 4.69) is 4.98 Å². The van der Waals surface area contributed by atoms with Crippen LogP contribution in [0.15, 0.2) is 30.5 Å². The van der Waals surface area contributed by atoms with Gasteiger partial charge in [0.25, 0.3) is 0 Å². The van der Waals surface area contributed by atoms with Crippen molar-refractivity contribution in [1.29, 1.82) is 0 Å². The van der Waals surface area contributed by atoms with E-state index in [1.807, 2.05) is 39.0 Å². The quantitative estimate of drug-likeness (QED) is 0.808. The number of methoxy groups -OCH3 is 1. The van der Waals surface area contributed by atoms with Crippen LogP contribution in [0, 0.1) is 0 Å². The molecule has 1 heterocycles. The lowest BCUT2D eigenvalue weighted by atomic mass is 10.1. The van der Waals surface area contributed by atoms with Gasteiger partial charge in [0.1, 0.15) is 10.6 Å². The highest BCUT2D eigenvalue weighted by Gasteiger charge is 2.21. The highest BCUT2D eigenvalue weighted by molar-refractivity contribution is 7.16. The van der Waals surface area contributed by atoms with Gasteiger partial charge in [-0.2, -0.15) is 0 Å². The summed E-state index contributed by atoms with van der Waals surface area (Å²) in [6.07, 6.45) is 1.64. The Hall–Kier alpha value is -1.88. The molecule has 0 aliphatic rings. The molecule has 2 rings (SSSR count). The van der Waals surface area contributed by atoms with E-state index in [0.717, 1.165) is 10.6 Å². The van der Waals surface area contributed by atoms with Crippen molar-refractivity contribution in [3.8, 4) is 15.6 Å². The molecule has 0 atom stereocenters. The van der Waals surface area contributed by atoms with E-state index in [1.165, 1.54) is 11.3 Å². The molecule has 0 amide bonds. The predicted octanol–water partition coefficient (Wildman–Crippen LogP) is 3.77. The number of carbonyl (C=O) groups is 1. The van der Waals surface area contributed by atoms with Crippen LogP contribution < -0.4 is 4.74 Å². The van der Waals surface area contributed by atoms with Crippen LogP contribution in [0.4, 0.5) is 0 Å². The fraction of sp³-hybridized carbons (Fsp3) is 0.333. The number of hydrogen-bond acceptors (Lipinski definition) is 5. The smallest absolute Gasteiger partial charge is 0.339 e. The third kappa shape index (κ3) is 3.36. The van der Waals surface area contributed by atoms with Gasteiger partial charge in [-0.15, -0.1) is 0 Å². The third-order valence-electron chi connectivity index (χ3n) is 2.46. The van der Waals surface area contributed by atoms with Gasteiger partial charge in [-0.3, -0.25) is 0 Å². The Morgan fingerprint density at radius 1 is 1.25 bits per heavy atom. The van der Waals surface area contributed by atoms with Crippen molar-refractivity contribution >= 4 is 17.3 Å². The predicted molar refractivity (Wildman–Crippen MR) is 79.3 cm³/mol. The Morgan fingerprint density at radius 3 is 2.55 bits per heavy atom. The first-order valence-corrected chi connectivity index (χ1v) is 7.05. The van der Waals surface area contributed by atoms with E-state index in [9.17, 15) is 4.79 Å². The minimum Gasteiger partial charge on any atom is -0.486 e. The van der Waals surface area contributed by atoms with Crippen LogP contribution in [-0.4, -0.2) is 23.7 Å². The molecular weight excluding hydrogens is 274 g/mol. The summed E-state index contributed by atoms with van der Waals surface area (Å²) in [7, 11) is 1.59. The Balaban J connectivity index is 2.38. The van der Waals surface area contributed by atoms with Crippen molar-refractivity contribution in [2.24, 2.45) is 0 Å². The first-order chi connectivity index (χ1) is 9.40. The average Bonchev–Trinajstić information content (AvgIpc) is 2.85. The number of hydrogen-bond donors (Lipinski definition) is 0. The molecule has 0 fully saturated rings. The van der Waals surface area contributed by atoms with Crippen LogP contribution in [0.5, 0.6) is 5.06 Å². The maximum Gasteiger partial charge on any atom is 0.339 e. The number of thiazole rings is 1. The summed E-state index contributed by atoms with van der Waals surface area (Å²) in [5.74, 6) is -0.345. The normalized spacial score (nSPS) is 11.2. The minimum atomic E-state index is -0.523. The molecule has 0 aliphatic heterocycles. The molecule has 0 unspecified atom stereocenters. The molecular formula is C15H17NO3S. The van der Waals surface area contributed by atoms with E-state index in [1.54, 1.807) is 19.4 Å². The minimum absolute atomic E-state index is 0.345. The molecule has 0 saturated carbocycles.